The van der Waals surface area contributed by atoms with Crippen molar-refractivity contribution in [3.05, 3.63) is 35.9 Å². The summed E-state index contributed by atoms with van der Waals surface area (Å²) in [4.78, 5) is 14.7. The molecule has 1 aromatic carbocycles. The summed E-state index contributed by atoms with van der Waals surface area (Å²) in [6.45, 7) is 1.97. The van der Waals surface area contributed by atoms with E-state index < -0.39 is 17.9 Å². The predicted octanol–water partition coefficient (Wildman–Crippen LogP) is -1.56. The number of aliphatic imine (C=N–C) groups is 1. The molecule has 0 radical (unpaired) electrons. The summed E-state index contributed by atoms with van der Waals surface area (Å²) in [5.74, 6) is -1.50. The summed E-state index contributed by atoms with van der Waals surface area (Å²) in [6.07, 6.45) is 2.05. The molecule has 0 heterocycles. The molecule has 0 aliphatic rings. The summed E-state index contributed by atoms with van der Waals surface area (Å²) in [7, 11) is 0. The van der Waals surface area contributed by atoms with E-state index >= 15 is 0 Å². The van der Waals surface area contributed by atoms with Crippen LogP contribution in [0, 0.1) is 0 Å². The van der Waals surface area contributed by atoms with Crippen LogP contribution in [0.4, 0.5) is 0 Å². The average molecular weight is 273 g/mol. The molecular formula is C13H16KNO3. The quantitative estimate of drug-likeness (QED) is 0.387. The van der Waals surface area contributed by atoms with E-state index in [1.165, 1.54) is 0 Å². The molecule has 0 aliphatic carbocycles. The van der Waals surface area contributed by atoms with Gasteiger partial charge in [-0.3, -0.25) is 4.99 Å². The maximum absolute atomic E-state index is 11.7. The van der Waals surface area contributed by atoms with Gasteiger partial charge in [0, 0.05) is 0 Å². The van der Waals surface area contributed by atoms with E-state index in [9.17, 15) is 9.90 Å². The van der Waals surface area contributed by atoms with Gasteiger partial charge in [-0.15, -0.1) is 0 Å². The van der Waals surface area contributed by atoms with Crippen LogP contribution in [0.1, 0.15) is 31.7 Å². The molecule has 1 unspecified atom stereocenters. The fraction of sp³-hybridized carbons (Fsp3) is 0.385. The van der Waals surface area contributed by atoms with Gasteiger partial charge in [-0.05, 0) is 17.9 Å². The summed E-state index contributed by atoms with van der Waals surface area (Å²) in [5.41, 5.74) is 0.426. The zero-order valence-electron chi connectivity index (χ0n) is 10.8. The third-order valence-corrected chi connectivity index (χ3v) is 2.41. The first-order chi connectivity index (χ1) is 8.15. The third-order valence-electron chi connectivity index (χ3n) is 2.41. The SMILES string of the molecule is CCCCC(N=C([O-])c1ccccc1)C(=O)O.[K+]. The minimum absolute atomic E-state index is 0. The number of unbranched alkanes of at least 4 members (excludes halogenated alkanes) is 1. The second-order valence-corrected chi connectivity index (χ2v) is 3.80. The Morgan fingerprint density at radius 1 is 1.39 bits per heavy atom. The van der Waals surface area contributed by atoms with Crippen LogP contribution in [0.3, 0.4) is 0 Å². The number of hydrogen-bond donors (Lipinski definition) is 1. The number of carboxylic acids is 1. The molecule has 1 atom stereocenters. The van der Waals surface area contributed by atoms with Gasteiger partial charge in [0.15, 0.2) is 0 Å². The Morgan fingerprint density at radius 2 is 2.00 bits per heavy atom. The minimum atomic E-state index is -1.04. The minimum Gasteiger partial charge on any atom is -0.858 e. The number of nitrogens with zero attached hydrogens (tertiary/aromatic N) is 1. The first-order valence-electron chi connectivity index (χ1n) is 5.68. The normalized spacial score (nSPS) is 12.6. The van der Waals surface area contributed by atoms with Crippen molar-refractivity contribution < 1.29 is 66.4 Å². The van der Waals surface area contributed by atoms with Crippen LogP contribution < -0.4 is 56.5 Å². The third kappa shape index (κ3) is 6.11. The molecule has 0 amide bonds. The number of benzene rings is 1. The molecule has 0 bridgehead atoms. The van der Waals surface area contributed by atoms with Crippen LogP contribution in [0.2, 0.25) is 0 Å². The molecule has 92 valence electrons. The van der Waals surface area contributed by atoms with Gasteiger partial charge in [0.1, 0.15) is 6.04 Å². The van der Waals surface area contributed by atoms with Crippen LogP contribution >= 0.6 is 0 Å². The Kier molecular flexibility index (Phi) is 9.58. The number of hydrogen-bond acceptors (Lipinski definition) is 3. The topological polar surface area (TPSA) is 72.7 Å². The van der Waals surface area contributed by atoms with Gasteiger partial charge in [-0.1, -0.05) is 50.1 Å². The number of rotatable bonds is 6. The molecule has 0 saturated carbocycles. The van der Waals surface area contributed by atoms with Gasteiger partial charge in [-0.2, -0.15) is 0 Å². The van der Waals surface area contributed by atoms with Crippen molar-refractivity contribution in [3.8, 4) is 0 Å². The van der Waals surface area contributed by atoms with E-state index in [0.717, 1.165) is 12.8 Å². The van der Waals surface area contributed by atoms with Crippen LogP contribution in [-0.4, -0.2) is 23.0 Å². The molecule has 5 heteroatoms. The van der Waals surface area contributed by atoms with Crippen LogP contribution in [0.15, 0.2) is 35.3 Å². The molecule has 0 aliphatic heterocycles. The zero-order valence-corrected chi connectivity index (χ0v) is 13.9. The maximum atomic E-state index is 11.7. The van der Waals surface area contributed by atoms with E-state index in [1.807, 2.05) is 6.92 Å². The Labute approximate surface area is 150 Å². The standard InChI is InChI=1S/C13H17NO3.K/c1-2-3-9-11(13(16)17)14-12(15)10-7-5-4-6-8-10;/h4-8,11H,2-3,9H2,1H3,(H,14,15)(H,16,17);/q;+1/p-1. The number of aliphatic carboxylic acids is 1. The smallest absolute Gasteiger partial charge is 0.858 e. The van der Waals surface area contributed by atoms with E-state index in [-0.39, 0.29) is 51.4 Å². The average Bonchev–Trinajstić information content (AvgIpc) is 2.35. The monoisotopic (exact) mass is 273 g/mol. The van der Waals surface area contributed by atoms with Crippen molar-refractivity contribution in [2.45, 2.75) is 32.2 Å². The Balaban J connectivity index is 0.00000289. The number of carboxylic acid groups (broad SMARTS) is 1. The second kappa shape index (κ2) is 9.69. The molecule has 1 aromatic rings. The van der Waals surface area contributed by atoms with Gasteiger partial charge in [0.2, 0.25) is 0 Å². The van der Waals surface area contributed by atoms with E-state index in [2.05, 4.69) is 4.99 Å². The predicted molar refractivity (Wildman–Crippen MR) is 63.9 cm³/mol. The van der Waals surface area contributed by atoms with Crippen LogP contribution in [-0.2, 0) is 4.79 Å². The van der Waals surface area contributed by atoms with E-state index in [0.29, 0.717) is 12.0 Å². The summed E-state index contributed by atoms with van der Waals surface area (Å²) in [6, 6.07) is 7.58. The molecule has 0 fully saturated rings. The summed E-state index contributed by atoms with van der Waals surface area (Å²) < 4.78 is 0. The van der Waals surface area contributed by atoms with Crippen LogP contribution in [0.25, 0.3) is 0 Å². The van der Waals surface area contributed by atoms with Gasteiger partial charge in [-0.25, -0.2) is 4.79 Å². The van der Waals surface area contributed by atoms with Gasteiger partial charge < -0.3 is 10.2 Å². The van der Waals surface area contributed by atoms with Crippen LogP contribution in [0.5, 0.6) is 0 Å². The van der Waals surface area contributed by atoms with Crippen molar-refractivity contribution in [2.75, 3.05) is 0 Å². The summed E-state index contributed by atoms with van der Waals surface area (Å²) in [5, 5.41) is 20.6. The zero-order chi connectivity index (χ0) is 12.7. The Bertz CT molecular complexity index is 392. The molecule has 18 heavy (non-hydrogen) atoms. The molecular weight excluding hydrogens is 257 g/mol. The van der Waals surface area contributed by atoms with Gasteiger partial charge >= 0.3 is 57.4 Å². The molecule has 4 nitrogen and oxygen atoms in total. The first-order valence-corrected chi connectivity index (χ1v) is 5.68. The van der Waals surface area contributed by atoms with Crippen molar-refractivity contribution in [1.82, 2.24) is 0 Å². The largest absolute Gasteiger partial charge is 1.00 e. The summed E-state index contributed by atoms with van der Waals surface area (Å²) >= 11 is 0. The van der Waals surface area contributed by atoms with Crippen molar-refractivity contribution in [3.63, 3.8) is 0 Å². The number of carbonyl (C=O) groups is 1. The van der Waals surface area contributed by atoms with Crippen molar-refractivity contribution in [1.29, 1.82) is 0 Å². The van der Waals surface area contributed by atoms with Gasteiger partial charge in [0.05, 0.1) is 0 Å². The Hall–Kier alpha value is -0.204. The molecule has 0 saturated heterocycles. The molecule has 0 aromatic heterocycles. The van der Waals surface area contributed by atoms with E-state index in [1.54, 1.807) is 30.3 Å². The molecule has 1 rings (SSSR count). The second-order valence-electron chi connectivity index (χ2n) is 3.80. The van der Waals surface area contributed by atoms with E-state index in [4.69, 9.17) is 5.11 Å². The van der Waals surface area contributed by atoms with Crippen molar-refractivity contribution >= 4 is 11.9 Å². The molecule has 1 N–H and O–H groups in total. The Morgan fingerprint density at radius 3 is 2.50 bits per heavy atom. The van der Waals surface area contributed by atoms with Crippen molar-refractivity contribution in [2.24, 2.45) is 4.99 Å². The maximum Gasteiger partial charge on any atom is 1.00 e. The first kappa shape index (κ1) is 17.8. The fourth-order valence-corrected chi connectivity index (χ4v) is 1.44. The fourth-order valence-electron chi connectivity index (χ4n) is 1.44. The van der Waals surface area contributed by atoms with Gasteiger partial charge in [0.25, 0.3) is 0 Å². The molecule has 0 spiro atoms.